The lowest BCUT2D eigenvalue weighted by molar-refractivity contribution is -0.119. The summed E-state index contributed by atoms with van der Waals surface area (Å²) in [5.74, 6) is -1.03. The summed E-state index contributed by atoms with van der Waals surface area (Å²) in [4.78, 5) is 38.2. The molecule has 0 aliphatic rings. The molecule has 0 radical (unpaired) electrons. The Morgan fingerprint density at radius 2 is 1.47 bits per heavy atom. The van der Waals surface area contributed by atoms with Gasteiger partial charge in [-0.2, -0.15) is 0 Å². The van der Waals surface area contributed by atoms with Crippen molar-refractivity contribution in [2.24, 2.45) is 0 Å². The highest BCUT2D eigenvalue weighted by Crippen LogP contribution is 2.25. The summed E-state index contributed by atoms with van der Waals surface area (Å²) in [5, 5.41) is 2.68. The summed E-state index contributed by atoms with van der Waals surface area (Å²) < 4.78 is 10.4. The second-order valence-corrected chi connectivity index (χ2v) is 7.52. The standard InChI is InChI=1S/C26H25NO5/c1-16-9-11-18(3)21(13-16)25(29)19-7-5-6-8-20(19)26(30)32-15-24(28)27-22-14-17(2)10-12-23(22)31-4/h5-14H,15H2,1-4H3,(H,27,28). The van der Waals surface area contributed by atoms with Crippen molar-refractivity contribution >= 4 is 23.3 Å². The average Bonchev–Trinajstić information content (AvgIpc) is 2.78. The lowest BCUT2D eigenvalue weighted by atomic mass is 9.94. The molecule has 6 nitrogen and oxygen atoms in total. The SMILES string of the molecule is COc1ccc(C)cc1NC(=O)COC(=O)c1ccccc1C(=O)c1cc(C)ccc1C. The van der Waals surface area contributed by atoms with Crippen molar-refractivity contribution in [2.45, 2.75) is 20.8 Å². The van der Waals surface area contributed by atoms with Crippen molar-refractivity contribution in [3.8, 4) is 5.75 Å². The van der Waals surface area contributed by atoms with Crippen LogP contribution in [-0.4, -0.2) is 31.4 Å². The van der Waals surface area contributed by atoms with Crippen LogP contribution in [0.4, 0.5) is 5.69 Å². The molecule has 1 N–H and O–H groups in total. The molecule has 1 amide bonds. The molecule has 0 aromatic heterocycles. The first-order chi connectivity index (χ1) is 15.3. The number of ether oxygens (including phenoxy) is 2. The van der Waals surface area contributed by atoms with Crippen LogP contribution in [0.3, 0.4) is 0 Å². The number of carbonyl (C=O) groups excluding carboxylic acids is 3. The van der Waals surface area contributed by atoms with Crippen molar-refractivity contribution in [1.82, 2.24) is 0 Å². The second kappa shape index (κ2) is 9.92. The van der Waals surface area contributed by atoms with Crippen molar-refractivity contribution in [3.05, 3.63) is 94.0 Å². The zero-order valence-electron chi connectivity index (χ0n) is 18.5. The highest BCUT2D eigenvalue weighted by atomic mass is 16.5. The van der Waals surface area contributed by atoms with E-state index in [1.807, 2.05) is 39.0 Å². The fourth-order valence-electron chi connectivity index (χ4n) is 3.30. The van der Waals surface area contributed by atoms with Crippen LogP contribution in [0, 0.1) is 20.8 Å². The van der Waals surface area contributed by atoms with Crippen LogP contribution in [0.15, 0.2) is 60.7 Å². The molecule has 3 rings (SSSR count). The molecule has 0 spiro atoms. The quantitative estimate of drug-likeness (QED) is 0.435. The number of anilines is 1. The van der Waals surface area contributed by atoms with E-state index >= 15 is 0 Å². The van der Waals surface area contributed by atoms with E-state index in [9.17, 15) is 14.4 Å². The van der Waals surface area contributed by atoms with Crippen LogP contribution in [-0.2, 0) is 9.53 Å². The highest BCUT2D eigenvalue weighted by molar-refractivity contribution is 6.15. The number of rotatable bonds is 7. The van der Waals surface area contributed by atoms with E-state index in [-0.39, 0.29) is 16.9 Å². The Labute approximate surface area is 187 Å². The van der Waals surface area contributed by atoms with Crippen LogP contribution < -0.4 is 10.1 Å². The average molecular weight is 431 g/mol. The molecule has 3 aromatic carbocycles. The Balaban J connectivity index is 1.74. The van der Waals surface area contributed by atoms with E-state index < -0.39 is 18.5 Å². The number of carbonyl (C=O) groups is 3. The molecular weight excluding hydrogens is 406 g/mol. The number of esters is 1. The molecule has 0 fully saturated rings. The normalized spacial score (nSPS) is 10.4. The third kappa shape index (κ3) is 5.21. The first-order valence-corrected chi connectivity index (χ1v) is 10.1. The highest BCUT2D eigenvalue weighted by Gasteiger charge is 2.21. The van der Waals surface area contributed by atoms with E-state index in [1.54, 1.807) is 36.4 Å². The van der Waals surface area contributed by atoms with E-state index in [4.69, 9.17) is 9.47 Å². The number of methoxy groups -OCH3 is 1. The third-order valence-electron chi connectivity index (χ3n) is 4.99. The molecule has 0 bridgehead atoms. The Hall–Kier alpha value is -3.93. The summed E-state index contributed by atoms with van der Waals surface area (Å²) in [6.45, 7) is 5.14. The third-order valence-corrected chi connectivity index (χ3v) is 4.99. The predicted octanol–water partition coefficient (Wildman–Crippen LogP) is 4.65. The van der Waals surface area contributed by atoms with Crippen LogP contribution in [0.5, 0.6) is 5.75 Å². The smallest absolute Gasteiger partial charge is 0.339 e. The van der Waals surface area contributed by atoms with Gasteiger partial charge < -0.3 is 14.8 Å². The molecule has 32 heavy (non-hydrogen) atoms. The molecule has 0 unspecified atom stereocenters. The first kappa shape index (κ1) is 22.7. The Bertz CT molecular complexity index is 1180. The zero-order valence-corrected chi connectivity index (χ0v) is 18.5. The van der Waals surface area contributed by atoms with Crippen molar-refractivity contribution in [2.75, 3.05) is 19.0 Å². The van der Waals surface area contributed by atoms with Gasteiger partial charge in [0.25, 0.3) is 5.91 Å². The topological polar surface area (TPSA) is 81.7 Å². The number of aryl methyl sites for hydroxylation is 3. The molecule has 0 saturated heterocycles. The summed E-state index contributed by atoms with van der Waals surface area (Å²) in [5.41, 5.74) is 4.05. The van der Waals surface area contributed by atoms with Gasteiger partial charge in [0, 0.05) is 11.1 Å². The van der Waals surface area contributed by atoms with E-state index in [2.05, 4.69) is 5.32 Å². The first-order valence-electron chi connectivity index (χ1n) is 10.1. The summed E-state index contributed by atoms with van der Waals surface area (Å²) >= 11 is 0. The predicted molar refractivity (Wildman–Crippen MR) is 122 cm³/mol. The van der Waals surface area contributed by atoms with Gasteiger partial charge >= 0.3 is 5.97 Å². The summed E-state index contributed by atoms with van der Waals surface area (Å²) in [7, 11) is 1.50. The molecule has 0 atom stereocenters. The number of amides is 1. The fourth-order valence-corrected chi connectivity index (χ4v) is 3.30. The van der Waals surface area contributed by atoms with Gasteiger partial charge in [-0.1, -0.05) is 42.0 Å². The maximum absolute atomic E-state index is 13.1. The van der Waals surface area contributed by atoms with Crippen molar-refractivity contribution in [3.63, 3.8) is 0 Å². The number of hydrogen-bond donors (Lipinski definition) is 1. The van der Waals surface area contributed by atoms with Gasteiger partial charge in [-0.3, -0.25) is 9.59 Å². The van der Waals surface area contributed by atoms with E-state index in [0.717, 1.165) is 16.7 Å². The number of nitrogens with one attached hydrogen (secondary N) is 1. The Morgan fingerprint density at radius 1 is 0.812 bits per heavy atom. The number of ketones is 1. The molecule has 0 heterocycles. The minimum Gasteiger partial charge on any atom is -0.495 e. The van der Waals surface area contributed by atoms with Crippen LogP contribution in [0.2, 0.25) is 0 Å². The van der Waals surface area contributed by atoms with Crippen molar-refractivity contribution < 1.29 is 23.9 Å². The van der Waals surface area contributed by atoms with E-state index in [1.165, 1.54) is 13.2 Å². The minimum atomic E-state index is -0.745. The molecule has 164 valence electrons. The van der Waals surface area contributed by atoms with Gasteiger partial charge in [-0.05, 0) is 56.2 Å². The summed E-state index contributed by atoms with van der Waals surface area (Å²) in [6, 6.07) is 17.4. The number of benzene rings is 3. The van der Waals surface area contributed by atoms with Gasteiger partial charge in [0.2, 0.25) is 0 Å². The molecule has 0 aliphatic heterocycles. The molecule has 0 saturated carbocycles. The Morgan fingerprint density at radius 3 is 2.19 bits per heavy atom. The lowest BCUT2D eigenvalue weighted by Crippen LogP contribution is -2.22. The van der Waals surface area contributed by atoms with Gasteiger partial charge in [-0.15, -0.1) is 0 Å². The number of hydrogen-bond acceptors (Lipinski definition) is 5. The van der Waals surface area contributed by atoms with Crippen molar-refractivity contribution in [1.29, 1.82) is 0 Å². The minimum absolute atomic E-state index is 0.111. The maximum Gasteiger partial charge on any atom is 0.339 e. The van der Waals surface area contributed by atoms with Gasteiger partial charge in [-0.25, -0.2) is 4.79 Å². The van der Waals surface area contributed by atoms with Gasteiger partial charge in [0.05, 0.1) is 18.4 Å². The largest absolute Gasteiger partial charge is 0.495 e. The maximum atomic E-state index is 13.1. The van der Waals surface area contributed by atoms with Crippen LogP contribution in [0.1, 0.15) is 43.0 Å². The molecule has 0 aliphatic carbocycles. The molecule has 3 aromatic rings. The zero-order chi connectivity index (χ0) is 23.3. The van der Waals surface area contributed by atoms with Gasteiger partial charge in [0.1, 0.15) is 5.75 Å². The molecule has 6 heteroatoms. The lowest BCUT2D eigenvalue weighted by Gasteiger charge is -2.12. The Kier molecular flexibility index (Phi) is 7.05. The fraction of sp³-hybridized carbons (Fsp3) is 0.192. The monoisotopic (exact) mass is 431 g/mol. The molecular formula is C26H25NO5. The van der Waals surface area contributed by atoms with E-state index in [0.29, 0.717) is 17.0 Å². The van der Waals surface area contributed by atoms with Crippen LogP contribution >= 0.6 is 0 Å². The van der Waals surface area contributed by atoms with Crippen LogP contribution in [0.25, 0.3) is 0 Å². The second-order valence-electron chi connectivity index (χ2n) is 7.52. The summed E-state index contributed by atoms with van der Waals surface area (Å²) in [6.07, 6.45) is 0. The van der Waals surface area contributed by atoms with Gasteiger partial charge in [0.15, 0.2) is 12.4 Å².